The van der Waals surface area contributed by atoms with Gasteiger partial charge in [0, 0.05) is 0 Å². The zero-order valence-corrected chi connectivity index (χ0v) is 13.1. The zero-order chi connectivity index (χ0) is 14.0. The summed E-state index contributed by atoms with van der Waals surface area (Å²) in [5, 5.41) is 0. The van der Waals surface area contributed by atoms with Crippen LogP contribution < -0.4 is 4.72 Å². The molecule has 9 heteroatoms. The number of halogens is 3. The number of sulfonamides is 1. The summed E-state index contributed by atoms with van der Waals surface area (Å²) in [6.45, 7) is 0. The van der Waals surface area contributed by atoms with E-state index >= 15 is 0 Å². The number of nitrogens with one attached hydrogen (secondary N) is 1. The van der Waals surface area contributed by atoms with Crippen molar-refractivity contribution in [2.75, 3.05) is 4.72 Å². The van der Waals surface area contributed by atoms with Crippen LogP contribution in [0.5, 0.6) is 0 Å². The normalized spacial score (nSPS) is 11.3. The molecule has 0 spiro atoms. The van der Waals surface area contributed by atoms with E-state index in [0.29, 0.717) is 4.60 Å². The Morgan fingerprint density at radius 1 is 1.16 bits per heavy atom. The third-order valence-electron chi connectivity index (χ3n) is 2.06. The van der Waals surface area contributed by atoms with Crippen molar-refractivity contribution >= 4 is 47.7 Å². The van der Waals surface area contributed by atoms with Crippen LogP contribution in [0.4, 0.5) is 10.2 Å². The van der Waals surface area contributed by atoms with E-state index in [9.17, 15) is 12.8 Å². The first-order valence-electron chi connectivity index (χ1n) is 4.85. The number of hydrogen-bond acceptors (Lipinski definition) is 4. The van der Waals surface area contributed by atoms with Gasteiger partial charge in [-0.15, -0.1) is 0 Å². The average Bonchev–Trinajstić information content (AvgIpc) is 2.33. The van der Waals surface area contributed by atoms with Crippen molar-refractivity contribution in [3.8, 4) is 0 Å². The Morgan fingerprint density at radius 2 is 1.79 bits per heavy atom. The van der Waals surface area contributed by atoms with E-state index in [0.717, 1.165) is 24.3 Å². The molecular formula is C10H6Br2FN3O2S. The summed E-state index contributed by atoms with van der Waals surface area (Å²) in [4.78, 5) is 7.77. The van der Waals surface area contributed by atoms with Crippen LogP contribution in [-0.4, -0.2) is 18.4 Å². The summed E-state index contributed by atoms with van der Waals surface area (Å²) in [6, 6.07) is 4.46. The highest BCUT2D eigenvalue weighted by atomic mass is 79.9. The van der Waals surface area contributed by atoms with Crippen LogP contribution in [-0.2, 0) is 10.0 Å². The molecule has 1 aromatic heterocycles. The predicted molar refractivity (Wildman–Crippen MR) is 74.6 cm³/mol. The fourth-order valence-corrected chi connectivity index (χ4v) is 3.27. The van der Waals surface area contributed by atoms with Crippen LogP contribution in [0.25, 0.3) is 0 Å². The van der Waals surface area contributed by atoms with Gasteiger partial charge >= 0.3 is 0 Å². The minimum absolute atomic E-state index is 0.0486. The van der Waals surface area contributed by atoms with E-state index in [-0.39, 0.29) is 15.3 Å². The maximum Gasteiger partial charge on any atom is 0.263 e. The molecule has 0 bridgehead atoms. The smallest absolute Gasteiger partial charge is 0.261 e. The van der Waals surface area contributed by atoms with Crippen molar-refractivity contribution in [3.05, 3.63) is 45.5 Å². The van der Waals surface area contributed by atoms with E-state index in [4.69, 9.17) is 0 Å². The Hall–Kier alpha value is -1.06. The van der Waals surface area contributed by atoms with Gasteiger partial charge < -0.3 is 0 Å². The Balaban J connectivity index is 2.33. The van der Waals surface area contributed by atoms with Crippen LogP contribution in [0, 0.1) is 5.82 Å². The lowest BCUT2D eigenvalue weighted by Crippen LogP contribution is -2.14. The quantitative estimate of drug-likeness (QED) is 0.844. The number of rotatable bonds is 3. The maximum atomic E-state index is 12.8. The molecule has 0 saturated carbocycles. The molecule has 1 aromatic carbocycles. The molecule has 1 N–H and O–H groups in total. The second kappa shape index (κ2) is 5.51. The molecule has 0 fully saturated rings. The third kappa shape index (κ3) is 3.48. The number of benzene rings is 1. The zero-order valence-electron chi connectivity index (χ0n) is 9.14. The van der Waals surface area contributed by atoms with Gasteiger partial charge in [0.25, 0.3) is 10.0 Å². The highest BCUT2D eigenvalue weighted by molar-refractivity contribution is 9.11. The Labute approximate surface area is 125 Å². The fourth-order valence-electron chi connectivity index (χ4n) is 1.22. The molecule has 0 radical (unpaired) electrons. The summed E-state index contributed by atoms with van der Waals surface area (Å²) in [5.74, 6) is -0.462. The van der Waals surface area contributed by atoms with E-state index in [1.807, 2.05) is 0 Å². The lowest BCUT2D eigenvalue weighted by molar-refractivity contribution is 0.599. The van der Waals surface area contributed by atoms with E-state index in [1.54, 1.807) is 0 Å². The monoisotopic (exact) mass is 409 g/mol. The van der Waals surface area contributed by atoms with Gasteiger partial charge in [0.15, 0.2) is 10.4 Å². The van der Waals surface area contributed by atoms with Crippen molar-refractivity contribution in [2.24, 2.45) is 0 Å². The molecule has 0 aliphatic heterocycles. The number of anilines is 1. The van der Waals surface area contributed by atoms with Crippen molar-refractivity contribution in [1.29, 1.82) is 0 Å². The summed E-state index contributed by atoms with van der Waals surface area (Å²) in [5.41, 5.74) is 0. The van der Waals surface area contributed by atoms with Gasteiger partial charge in [0.1, 0.15) is 10.4 Å². The Bertz CT molecular complexity index is 707. The molecule has 0 amide bonds. The van der Waals surface area contributed by atoms with Gasteiger partial charge in [0.2, 0.25) is 0 Å². The van der Waals surface area contributed by atoms with Crippen molar-refractivity contribution in [3.63, 3.8) is 0 Å². The molecule has 0 atom stereocenters. The topological polar surface area (TPSA) is 72.0 Å². The Morgan fingerprint density at radius 3 is 2.37 bits per heavy atom. The second-order valence-electron chi connectivity index (χ2n) is 3.39. The highest BCUT2D eigenvalue weighted by Crippen LogP contribution is 2.22. The lowest BCUT2D eigenvalue weighted by Gasteiger charge is -2.08. The molecule has 5 nitrogen and oxygen atoms in total. The second-order valence-corrected chi connectivity index (χ2v) is 6.64. The summed E-state index contributed by atoms with van der Waals surface area (Å²) in [6.07, 6.45) is 1.35. The van der Waals surface area contributed by atoms with E-state index in [1.165, 1.54) is 6.20 Å². The largest absolute Gasteiger partial charge is 0.263 e. The van der Waals surface area contributed by atoms with Crippen molar-refractivity contribution < 1.29 is 12.8 Å². The fraction of sp³-hybridized carbons (Fsp3) is 0. The summed E-state index contributed by atoms with van der Waals surface area (Å²) in [7, 11) is -3.83. The van der Waals surface area contributed by atoms with Gasteiger partial charge in [-0.25, -0.2) is 22.8 Å². The number of nitrogens with zero attached hydrogens (tertiary/aromatic N) is 2. The summed E-state index contributed by atoms with van der Waals surface area (Å²) >= 11 is 6.20. The van der Waals surface area contributed by atoms with E-state index < -0.39 is 15.8 Å². The third-order valence-corrected chi connectivity index (χ3v) is 4.35. The number of aromatic nitrogens is 2. The van der Waals surface area contributed by atoms with Crippen molar-refractivity contribution in [1.82, 2.24) is 9.97 Å². The lowest BCUT2D eigenvalue weighted by atomic mass is 10.4. The average molecular weight is 411 g/mol. The van der Waals surface area contributed by atoms with Gasteiger partial charge in [-0.2, -0.15) is 0 Å². The van der Waals surface area contributed by atoms with Gasteiger partial charge in [-0.3, -0.25) is 4.72 Å². The van der Waals surface area contributed by atoms with Crippen LogP contribution in [0.1, 0.15) is 0 Å². The van der Waals surface area contributed by atoms with Crippen LogP contribution in [0.15, 0.2) is 44.6 Å². The first kappa shape index (κ1) is 14.4. The molecule has 19 heavy (non-hydrogen) atoms. The molecule has 1 heterocycles. The van der Waals surface area contributed by atoms with Gasteiger partial charge in [-0.1, -0.05) is 0 Å². The molecule has 0 unspecified atom stereocenters. The first-order chi connectivity index (χ1) is 8.88. The standard InChI is InChI=1S/C10H6Br2FN3O2S/c11-8-5-14-10(9(12)15-8)16-19(17,18)7-3-1-6(13)2-4-7/h1-5H,(H,14,16). The molecule has 0 saturated heterocycles. The van der Waals surface area contributed by atoms with Crippen LogP contribution in [0.3, 0.4) is 0 Å². The Kier molecular flexibility index (Phi) is 4.16. The molecule has 100 valence electrons. The van der Waals surface area contributed by atoms with Crippen LogP contribution >= 0.6 is 31.9 Å². The minimum Gasteiger partial charge on any atom is -0.261 e. The molecular weight excluding hydrogens is 405 g/mol. The molecule has 2 rings (SSSR count). The van der Waals surface area contributed by atoms with Gasteiger partial charge in [-0.05, 0) is 56.1 Å². The predicted octanol–water partition coefficient (Wildman–Crippen LogP) is 2.94. The molecule has 2 aromatic rings. The number of hydrogen-bond donors (Lipinski definition) is 1. The van der Waals surface area contributed by atoms with Crippen molar-refractivity contribution in [2.45, 2.75) is 4.90 Å². The SMILES string of the molecule is O=S(=O)(Nc1ncc(Br)nc1Br)c1ccc(F)cc1. The first-order valence-corrected chi connectivity index (χ1v) is 7.92. The summed E-state index contributed by atoms with van der Waals surface area (Å²) < 4.78 is 39.8. The molecule has 0 aliphatic carbocycles. The minimum atomic E-state index is -3.83. The highest BCUT2D eigenvalue weighted by Gasteiger charge is 2.17. The van der Waals surface area contributed by atoms with Crippen LogP contribution in [0.2, 0.25) is 0 Å². The maximum absolute atomic E-state index is 12.8. The van der Waals surface area contributed by atoms with Gasteiger partial charge in [0.05, 0.1) is 11.1 Å². The molecule has 0 aliphatic rings. The van der Waals surface area contributed by atoms with E-state index in [2.05, 4.69) is 46.5 Å².